The number of anilines is 1. The van der Waals surface area contributed by atoms with Crippen LogP contribution in [-0.2, 0) is 6.54 Å². The van der Waals surface area contributed by atoms with E-state index in [9.17, 15) is 4.79 Å². The molecule has 2 heterocycles. The van der Waals surface area contributed by atoms with E-state index < -0.39 is 0 Å². The van der Waals surface area contributed by atoms with Crippen molar-refractivity contribution >= 4 is 21.6 Å². The molecule has 112 valence electrons. The maximum absolute atomic E-state index is 12.1. The van der Waals surface area contributed by atoms with Crippen molar-refractivity contribution in [2.24, 2.45) is 5.41 Å². The third kappa shape index (κ3) is 3.61. The summed E-state index contributed by atoms with van der Waals surface area (Å²) in [6.45, 7) is 7.92. The molecule has 1 saturated heterocycles. The van der Waals surface area contributed by atoms with E-state index in [4.69, 9.17) is 0 Å². The molecule has 2 N–H and O–H groups in total. The Balaban J connectivity index is 2.06. The first-order valence-corrected chi connectivity index (χ1v) is 8.05. The Kier molecular flexibility index (Phi) is 5.21. The number of nitrogens with zero attached hydrogens (tertiary/aromatic N) is 2. The average molecular weight is 343 g/mol. The third-order valence-corrected chi connectivity index (χ3v) is 4.58. The van der Waals surface area contributed by atoms with Crippen LogP contribution in [0.15, 0.2) is 15.5 Å². The first kappa shape index (κ1) is 15.5. The summed E-state index contributed by atoms with van der Waals surface area (Å²) in [6.07, 6.45) is 5.04. The van der Waals surface area contributed by atoms with Crippen molar-refractivity contribution in [2.75, 3.05) is 25.0 Å². The van der Waals surface area contributed by atoms with Crippen molar-refractivity contribution in [3.63, 3.8) is 0 Å². The quantitative estimate of drug-likeness (QED) is 0.861. The maximum Gasteiger partial charge on any atom is 0.283 e. The second-order valence-electron chi connectivity index (χ2n) is 5.85. The summed E-state index contributed by atoms with van der Waals surface area (Å²) in [5.41, 5.74) is 0.952. The molecule has 6 heteroatoms. The summed E-state index contributed by atoms with van der Waals surface area (Å²) in [7, 11) is 0. The highest BCUT2D eigenvalue weighted by molar-refractivity contribution is 9.10. The summed E-state index contributed by atoms with van der Waals surface area (Å²) in [5.74, 6) is 0. The summed E-state index contributed by atoms with van der Waals surface area (Å²) < 4.78 is 2.08. The van der Waals surface area contributed by atoms with E-state index >= 15 is 0 Å². The van der Waals surface area contributed by atoms with Crippen LogP contribution in [-0.4, -0.2) is 29.4 Å². The van der Waals surface area contributed by atoms with Gasteiger partial charge in [0.1, 0.15) is 4.47 Å². The largest absolute Gasteiger partial charge is 0.382 e. The second kappa shape index (κ2) is 6.72. The highest BCUT2D eigenvalue weighted by Crippen LogP contribution is 2.26. The van der Waals surface area contributed by atoms with Gasteiger partial charge in [-0.25, -0.2) is 4.68 Å². The zero-order valence-corrected chi connectivity index (χ0v) is 13.8. The molecule has 0 bridgehead atoms. The molecule has 1 unspecified atom stereocenters. The molecule has 1 atom stereocenters. The number of hydrogen-bond acceptors (Lipinski definition) is 4. The zero-order chi connectivity index (χ0) is 14.6. The standard InChI is InChI=1S/C14H23BrN4O/c1-3-7-19-13(20)12(15)11(8-18-19)17-10-14(2)5-4-6-16-9-14/h8,16-17H,3-7,9-10H2,1-2H3. The lowest BCUT2D eigenvalue weighted by Crippen LogP contribution is -2.42. The van der Waals surface area contributed by atoms with Crippen LogP contribution in [0.4, 0.5) is 5.69 Å². The summed E-state index contributed by atoms with van der Waals surface area (Å²) in [4.78, 5) is 12.1. The van der Waals surface area contributed by atoms with Gasteiger partial charge in [-0.05, 0) is 47.2 Å². The topological polar surface area (TPSA) is 59.0 Å². The van der Waals surface area contributed by atoms with E-state index in [1.807, 2.05) is 6.92 Å². The van der Waals surface area contributed by atoms with E-state index in [1.54, 1.807) is 6.20 Å². The average Bonchev–Trinajstić information content (AvgIpc) is 2.44. The smallest absolute Gasteiger partial charge is 0.283 e. The molecule has 5 nitrogen and oxygen atoms in total. The first-order chi connectivity index (χ1) is 9.56. The summed E-state index contributed by atoms with van der Waals surface area (Å²) in [5, 5.41) is 11.0. The SMILES string of the molecule is CCCn1ncc(NCC2(C)CCCNC2)c(Br)c1=O. The first-order valence-electron chi connectivity index (χ1n) is 7.26. The highest BCUT2D eigenvalue weighted by Gasteiger charge is 2.26. The van der Waals surface area contributed by atoms with Gasteiger partial charge < -0.3 is 10.6 Å². The van der Waals surface area contributed by atoms with Crippen molar-refractivity contribution < 1.29 is 0 Å². The number of halogens is 1. The fourth-order valence-corrected chi connectivity index (χ4v) is 2.98. The Labute approximate surface area is 128 Å². The predicted molar refractivity (Wildman–Crippen MR) is 85.2 cm³/mol. The van der Waals surface area contributed by atoms with Crippen molar-refractivity contribution in [3.8, 4) is 0 Å². The van der Waals surface area contributed by atoms with Gasteiger partial charge in [0.15, 0.2) is 0 Å². The minimum atomic E-state index is -0.0660. The Morgan fingerprint density at radius 1 is 1.60 bits per heavy atom. The second-order valence-corrected chi connectivity index (χ2v) is 6.64. The lowest BCUT2D eigenvalue weighted by atomic mass is 9.83. The van der Waals surface area contributed by atoms with Crippen LogP contribution >= 0.6 is 15.9 Å². The number of piperidine rings is 1. The Morgan fingerprint density at radius 3 is 3.05 bits per heavy atom. The van der Waals surface area contributed by atoms with E-state index in [1.165, 1.54) is 17.5 Å². The molecular weight excluding hydrogens is 320 g/mol. The predicted octanol–water partition coefficient (Wildman–Crippen LogP) is 2.22. The van der Waals surface area contributed by atoms with E-state index in [-0.39, 0.29) is 11.0 Å². The molecule has 1 fully saturated rings. The molecule has 0 spiro atoms. The van der Waals surface area contributed by atoms with Gasteiger partial charge in [-0.1, -0.05) is 13.8 Å². The molecule has 0 radical (unpaired) electrons. The summed E-state index contributed by atoms with van der Waals surface area (Å²) in [6, 6.07) is 0. The van der Waals surface area contributed by atoms with Gasteiger partial charge in [0.05, 0.1) is 11.9 Å². The molecule has 20 heavy (non-hydrogen) atoms. The van der Waals surface area contributed by atoms with Crippen molar-refractivity contribution in [1.82, 2.24) is 15.1 Å². The van der Waals surface area contributed by atoms with Crippen molar-refractivity contribution in [3.05, 3.63) is 21.0 Å². The van der Waals surface area contributed by atoms with Crippen LogP contribution in [0.5, 0.6) is 0 Å². The van der Waals surface area contributed by atoms with Crippen LogP contribution in [0.25, 0.3) is 0 Å². The minimum Gasteiger partial charge on any atom is -0.382 e. The van der Waals surface area contributed by atoms with Gasteiger partial charge in [-0.3, -0.25) is 4.79 Å². The molecule has 1 aliphatic rings. The number of nitrogens with one attached hydrogen (secondary N) is 2. The van der Waals surface area contributed by atoms with E-state index in [0.717, 1.165) is 31.7 Å². The van der Waals surface area contributed by atoms with Crippen LogP contribution in [0.1, 0.15) is 33.1 Å². The van der Waals surface area contributed by atoms with Crippen LogP contribution < -0.4 is 16.2 Å². The molecule has 1 aromatic heterocycles. The molecule has 2 rings (SSSR count). The van der Waals surface area contributed by atoms with Gasteiger partial charge in [-0.15, -0.1) is 0 Å². The molecule has 0 aliphatic carbocycles. The van der Waals surface area contributed by atoms with Gasteiger partial charge in [0.2, 0.25) is 0 Å². The number of hydrogen-bond donors (Lipinski definition) is 2. The van der Waals surface area contributed by atoms with Gasteiger partial charge in [-0.2, -0.15) is 5.10 Å². The van der Waals surface area contributed by atoms with Gasteiger partial charge in [0, 0.05) is 19.6 Å². The lowest BCUT2D eigenvalue weighted by molar-refractivity contribution is 0.253. The molecule has 1 aliphatic heterocycles. The molecule has 1 aromatic rings. The zero-order valence-electron chi connectivity index (χ0n) is 12.2. The van der Waals surface area contributed by atoms with Crippen LogP contribution in [0, 0.1) is 5.41 Å². The van der Waals surface area contributed by atoms with E-state index in [0.29, 0.717) is 11.0 Å². The summed E-state index contributed by atoms with van der Waals surface area (Å²) >= 11 is 3.39. The number of aromatic nitrogens is 2. The third-order valence-electron chi connectivity index (χ3n) is 3.81. The van der Waals surface area contributed by atoms with Crippen LogP contribution in [0.3, 0.4) is 0 Å². The van der Waals surface area contributed by atoms with Gasteiger partial charge in [0.25, 0.3) is 5.56 Å². The number of aryl methyl sites for hydroxylation is 1. The Morgan fingerprint density at radius 2 is 2.40 bits per heavy atom. The van der Waals surface area contributed by atoms with Crippen molar-refractivity contribution in [2.45, 2.75) is 39.7 Å². The number of rotatable bonds is 5. The minimum absolute atomic E-state index is 0.0660. The fraction of sp³-hybridized carbons (Fsp3) is 0.714. The fourth-order valence-electron chi connectivity index (χ4n) is 2.54. The normalized spacial score (nSPS) is 22.8. The van der Waals surface area contributed by atoms with Crippen LogP contribution in [0.2, 0.25) is 0 Å². The lowest BCUT2D eigenvalue weighted by Gasteiger charge is -2.34. The Hall–Kier alpha value is -0.880. The molecular formula is C14H23BrN4O. The highest BCUT2D eigenvalue weighted by atomic mass is 79.9. The van der Waals surface area contributed by atoms with E-state index in [2.05, 4.69) is 38.6 Å². The maximum atomic E-state index is 12.1. The Bertz CT molecular complexity index is 508. The monoisotopic (exact) mass is 342 g/mol. The van der Waals surface area contributed by atoms with Gasteiger partial charge >= 0.3 is 0 Å². The molecule has 0 saturated carbocycles. The molecule has 0 amide bonds. The van der Waals surface area contributed by atoms with Crippen molar-refractivity contribution in [1.29, 1.82) is 0 Å². The molecule has 0 aromatic carbocycles.